The van der Waals surface area contributed by atoms with Crippen molar-refractivity contribution < 1.29 is 4.79 Å². The van der Waals surface area contributed by atoms with E-state index in [1.807, 2.05) is 66.7 Å². The number of anilines is 1. The molecule has 1 unspecified atom stereocenters. The molecule has 4 rings (SSSR count). The monoisotopic (exact) mass is 478 g/mol. The molecule has 0 aliphatic heterocycles. The third-order valence-electron chi connectivity index (χ3n) is 4.94. The molecule has 1 amide bonds. The number of carbonyl (C=O) groups excluding carboxylic acids is 1. The van der Waals surface area contributed by atoms with E-state index in [0.717, 1.165) is 22.3 Å². The van der Waals surface area contributed by atoms with Crippen molar-refractivity contribution in [1.29, 1.82) is 5.26 Å². The van der Waals surface area contributed by atoms with Gasteiger partial charge in [-0.2, -0.15) is 5.26 Å². The van der Waals surface area contributed by atoms with Crippen LogP contribution in [0.25, 0.3) is 22.4 Å². The summed E-state index contributed by atoms with van der Waals surface area (Å²) in [5, 5.41) is 12.3. The Balaban J connectivity index is 1.59. The molecule has 0 aliphatic carbocycles. The molecule has 0 saturated carbocycles. The first-order chi connectivity index (χ1) is 15.7. The quantitative estimate of drug-likeness (QED) is 0.339. The van der Waals surface area contributed by atoms with Crippen molar-refractivity contribution >= 4 is 34.9 Å². The number of nitrogens with zero attached hydrogens (tertiary/aromatic N) is 3. The Kier molecular flexibility index (Phi) is 6.55. The van der Waals surface area contributed by atoms with Crippen LogP contribution in [-0.2, 0) is 0 Å². The van der Waals surface area contributed by atoms with E-state index in [1.54, 1.807) is 30.6 Å². The Morgan fingerprint density at radius 3 is 2.56 bits per heavy atom. The molecular weight excluding hydrogens is 459 g/mol. The number of pyridine rings is 1. The van der Waals surface area contributed by atoms with Crippen LogP contribution in [0.2, 0.25) is 0 Å². The summed E-state index contributed by atoms with van der Waals surface area (Å²) in [6.45, 7) is 0. The first kappa shape index (κ1) is 21.2. The van der Waals surface area contributed by atoms with Crippen molar-refractivity contribution in [3.05, 3.63) is 108 Å². The van der Waals surface area contributed by atoms with Gasteiger partial charge in [-0.3, -0.25) is 0 Å². The molecule has 154 valence electrons. The van der Waals surface area contributed by atoms with Crippen molar-refractivity contribution in [1.82, 2.24) is 4.98 Å². The Labute approximate surface area is 195 Å². The summed E-state index contributed by atoms with van der Waals surface area (Å²) >= 11 is 1.28. The summed E-state index contributed by atoms with van der Waals surface area (Å²) in [5.41, 5.74) is 5.96. The third kappa shape index (κ3) is 4.67. The molecule has 1 atom stereocenters. The molecule has 1 aromatic heterocycles. The zero-order chi connectivity index (χ0) is 22.3. The number of rotatable bonds is 5. The summed E-state index contributed by atoms with van der Waals surface area (Å²) < 4.78 is 4.11. The van der Waals surface area contributed by atoms with Crippen molar-refractivity contribution in [3.63, 3.8) is 0 Å². The predicted molar refractivity (Wildman–Crippen MR) is 130 cm³/mol. The number of nitriles is 1. The summed E-state index contributed by atoms with van der Waals surface area (Å²) in [6, 6.07) is 28.4. The fourth-order valence-corrected chi connectivity index (χ4v) is 3.80. The molecule has 0 radical (unpaired) electrons. The van der Waals surface area contributed by atoms with Gasteiger partial charge in [0.15, 0.2) is 0 Å². The average molecular weight is 478 g/mol. The molecule has 0 aliphatic rings. The van der Waals surface area contributed by atoms with Crippen LogP contribution >= 0.6 is 0 Å². The summed E-state index contributed by atoms with van der Waals surface area (Å²) in [5.74, 6) is -0.240. The van der Waals surface area contributed by atoms with E-state index in [2.05, 4.69) is 20.3 Å². The van der Waals surface area contributed by atoms with E-state index in [1.165, 1.54) is 17.1 Å². The minimum atomic E-state index is -0.240. The van der Waals surface area contributed by atoms with Gasteiger partial charge < -0.3 is 0 Å². The molecular formula is C26H19AsN4O. The van der Waals surface area contributed by atoms with Crippen LogP contribution in [0.5, 0.6) is 0 Å². The molecule has 1 N–H and O–H groups in total. The fraction of sp³-hybridized carbons (Fsp3) is 0. The van der Waals surface area contributed by atoms with Crippen molar-refractivity contribution in [2.75, 3.05) is 5.32 Å². The number of nitrogens with one attached hydrogen (secondary N) is 1. The van der Waals surface area contributed by atoms with Gasteiger partial charge in [-0.25, -0.2) is 0 Å². The Morgan fingerprint density at radius 2 is 1.78 bits per heavy atom. The number of hydrogen-bond acceptors (Lipinski definition) is 4. The average Bonchev–Trinajstić information content (AvgIpc) is 2.85. The normalized spacial score (nSPS) is 10.6. The van der Waals surface area contributed by atoms with Gasteiger partial charge >= 0.3 is 143 Å². The SMILES string of the molecule is N#Cc1ccccc1-c1ccc(NC(=O)c2cccnc2-c2cccc(C=N[AsH2])c2)cc1. The molecule has 5 nitrogen and oxygen atoms in total. The second kappa shape index (κ2) is 9.87. The van der Waals surface area contributed by atoms with E-state index >= 15 is 0 Å². The van der Waals surface area contributed by atoms with Gasteiger partial charge in [0.2, 0.25) is 0 Å². The van der Waals surface area contributed by atoms with Crippen LogP contribution in [0.1, 0.15) is 21.5 Å². The molecule has 0 saturated heterocycles. The van der Waals surface area contributed by atoms with Gasteiger partial charge in [0.1, 0.15) is 0 Å². The second-order valence-electron chi connectivity index (χ2n) is 6.99. The summed E-state index contributed by atoms with van der Waals surface area (Å²) in [4.78, 5) is 17.5. The van der Waals surface area contributed by atoms with Gasteiger partial charge in [0, 0.05) is 0 Å². The van der Waals surface area contributed by atoms with E-state index in [0.29, 0.717) is 22.5 Å². The van der Waals surface area contributed by atoms with E-state index < -0.39 is 0 Å². The Hall–Kier alpha value is -4.00. The van der Waals surface area contributed by atoms with Crippen molar-refractivity contribution in [2.24, 2.45) is 3.91 Å². The zero-order valence-electron chi connectivity index (χ0n) is 17.1. The number of hydrogen-bond donors (Lipinski definition) is 1. The summed E-state index contributed by atoms with van der Waals surface area (Å²) in [7, 11) is 0. The van der Waals surface area contributed by atoms with E-state index in [9.17, 15) is 10.1 Å². The van der Waals surface area contributed by atoms with Crippen molar-refractivity contribution in [3.8, 4) is 28.5 Å². The predicted octanol–water partition coefficient (Wildman–Crippen LogP) is 4.51. The summed E-state index contributed by atoms with van der Waals surface area (Å²) in [6.07, 6.45) is 3.47. The second-order valence-corrected chi connectivity index (χ2v) is 7.62. The maximum atomic E-state index is 13.1. The Morgan fingerprint density at radius 1 is 0.969 bits per heavy atom. The van der Waals surface area contributed by atoms with E-state index in [-0.39, 0.29) is 5.91 Å². The van der Waals surface area contributed by atoms with Crippen LogP contribution in [0, 0.1) is 11.3 Å². The molecule has 0 bridgehead atoms. The van der Waals surface area contributed by atoms with Gasteiger partial charge in [-0.1, -0.05) is 18.2 Å². The Bertz CT molecular complexity index is 1340. The molecule has 6 heteroatoms. The van der Waals surface area contributed by atoms with Crippen LogP contribution in [-0.4, -0.2) is 34.2 Å². The molecule has 0 spiro atoms. The molecule has 1 heterocycles. The molecule has 32 heavy (non-hydrogen) atoms. The standard InChI is InChI=1S/C26H19AsN4O/c27-30-17-18-5-3-7-20(15-18)25-24(9-4-14-29-25)26(32)31-22-12-10-19(11-13-22)23-8-2-1-6-21(23)16-28/h1-15,17H,27H2,(H,31,32). The maximum absolute atomic E-state index is 13.1. The fourth-order valence-electron chi connectivity index (χ4n) is 3.43. The van der Waals surface area contributed by atoms with Crippen molar-refractivity contribution in [2.45, 2.75) is 0 Å². The van der Waals surface area contributed by atoms with Gasteiger partial charge in [-0.05, 0) is 17.2 Å². The van der Waals surface area contributed by atoms with Crippen LogP contribution in [0.3, 0.4) is 0 Å². The first-order valence-electron chi connectivity index (χ1n) is 9.89. The van der Waals surface area contributed by atoms with Crippen LogP contribution in [0.15, 0.2) is 95.0 Å². The van der Waals surface area contributed by atoms with Crippen LogP contribution < -0.4 is 5.32 Å². The zero-order valence-corrected chi connectivity index (χ0v) is 19.5. The number of aromatic nitrogens is 1. The van der Waals surface area contributed by atoms with E-state index in [4.69, 9.17) is 0 Å². The van der Waals surface area contributed by atoms with Gasteiger partial charge in [-0.15, -0.1) is 0 Å². The topological polar surface area (TPSA) is 78.1 Å². The van der Waals surface area contributed by atoms with Gasteiger partial charge in [0.05, 0.1) is 11.6 Å². The molecule has 3 aromatic carbocycles. The third-order valence-corrected chi connectivity index (χ3v) is 5.25. The number of amides is 1. The number of benzene rings is 3. The van der Waals surface area contributed by atoms with Crippen LogP contribution in [0.4, 0.5) is 5.69 Å². The van der Waals surface area contributed by atoms with Gasteiger partial charge in [0.25, 0.3) is 0 Å². The molecule has 4 aromatic rings. The molecule has 0 fully saturated rings. The number of carbonyl (C=O) groups is 1. The minimum absolute atomic E-state index is 0.240. The first-order valence-corrected chi connectivity index (χ1v) is 11.0.